The van der Waals surface area contributed by atoms with Crippen LogP contribution in [0.25, 0.3) is 10.2 Å². The Morgan fingerprint density at radius 2 is 2.26 bits per heavy atom. The fourth-order valence-corrected chi connectivity index (χ4v) is 3.70. The van der Waals surface area contributed by atoms with Crippen LogP contribution in [0.4, 0.5) is 16.8 Å². The maximum atomic E-state index is 11.7. The van der Waals surface area contributed by atoms with E-state index >= 15 is 0 Å². The fourth-order valence-electron chi connectivity index (χ4n) is 2.80. The minimum atomic E-state index is -0.717. The van der Waals surface area contributed by atoms with E-state index in [9.17, 15) is 4.79 Å². The van der Waals surface area contributed by atoms with Crippen LogP contribution in [0.5, 0.6) is 0 Å². The number of carbonyl (C=O) groups excluding carboxylic acids is 1. The maximum absolute atomic E-state index is 11.7. The number of nitrogens with zero attached hydrogens (tertiary/aromatic N) is 4. The summed E-state index contributed by atoms with van der Waals surface area (Å²) in [4.78, 5) is 21.3. The summed E-state index contributed by atoms with van der Waals surface area (Å²) in [5.74, 6) is -0.220. The van der Waals surface area contributed by atoms with E-state index in [-0.39, 0.29) is 29.5 Å². The number of aromatic nitrogens is 4. The molecule has 0 spiro atoms. The first kappa shape index (κ1) is 17.5. The Labute approximate surface area is 158 Å². The average Bonchev–Trinajstić information content (AvgIpc) is 3.06. The highest BCUT2D eigenvalue weighted by Crippen LogP contribution is 2.30. The molecule has 1 fully saturated rings. The van der Waals surface area contributed by atoms with Crippen LogP contribution in [0.3, 0.4) is 0 Å². The van der Waals surface area contributed by atoms with Crippen molar-refractivity contribution in [3.05, 3.63) is 30.1 Å². The van der Waals surface area contributed by atoms with Gasteiger partial charge in [-0.3, -0.25) is 4.79 Å². The zero-order valence-electron chi connectivity index (χ0n) is 14.3. The number of ether oxygens (including phenoxy) is 1. The van der Waals surface area contributed by atoms with E-state index in [4.69, 9.17) is 16.2 Å². The summed E-state index contributed by atoms with van der Waals surface area (Å²) in [6.07, 6.45) is 2.45. The van der Waals surface area contributed by atoms with Crippen LogP contribution < -0.4 is 22.1 Å². The number of fused-ring (bicyclic) bond motifs is 1. The van der Waals surface area contributed by atoms with Gasteiger partial charge in [0.15, 0.2) is 11.5 Å². The van der Waals surface area contributed by atoms with Crippen LogP contribution in [-0.4, -0.2) is 51.4 Å². The van der Waals surface area contributed by atoms with Crippen LogP contribution in [0.1, 0.15) is 16.9 Å². The lowest BCUT2D eigenvalue weighted by atomic mass is 10.1. The highest BCUT2D eigenvalue weighted by Gasteiger charge is 2.24. The van der Waals surface area contributed by atoms with Gasteiger partial charge in [0, 0.05) is 30.3 Å². The molecule has 1 saturated heterocycles. The van der Waals surface area contributed by atoms with Gasteiger partial charge >= 0.3 is 0 Å². The van der Waals surface area contributed by atoms with E-state index < -0.39 is 5.91 Å². The lowest BCUT2D eigenvalue weighted by molar-refractivity contribution is 0.0751. The molecule has 27 heavy (non-hydrogen) atoms. The second kappa shape index (κ2) is 7.39. The Bertz CT molecular complexity index is 945. The van der Waals surface area contributed by atoms with Gasteiger partial charge in [0.2, 0.25) is 5.95 Å². The molecule has 140 valence electrons. The normalized spacial score (nSPS) is 19.7. The summed E-state index contributed by atoms with van der Waals surface area (Å²) in [5.41, 5.74) is 11.4. The monoisotopic (exact) mass is 386 g/mol. The molecule has 4 heterocycles. The van der Waals surface area contributed by atoms with Crippen molar-refractivity contribution in [1.29, 1.82) is 0 Å². The first-order chi connectivity index (χ1) is 13.1. The molecule has 0 radical (unpaired) electrons. The van der Waals surface area contributed by atoms with Gasteiger partial charge in [0.25, 0.3) is 5.91 Å². The third-order valence-electron chi connectivity index (χ3n) is 4.17. The Kier molecular flexibility index (Phi) is 4.79. The molecule has 2 atom stereocenters. The summed E-state index contributed by atoms with van der Waals surface area (Å²) < 4.78 is 5.33. The van der Waals surface area contributed by atoms with E-state index in [0.717, 1.165) is 21.6 Å². The Balaban J connectivity index is 1.61. The molecular weight excluding hydrogens is 368 g/mol. The van der Waals surface area contributed by atoms with Crippen LogP contribution >= 0.6 is 11.3 Å². The van der Waals surface area contributed by atoms with Crippen LogP contribution in [0.15, 0.2) is 24.4 Å². The molecule has 0 bridgehead atoms. The van der Waals surface area contributed by atoms with E-state index in [0.29, 0.717) is 13.2 Å². The number of rotatable bonds is 5. The summed E-state index contributed by atoms with van der Waals surface area (Å²) in [6.45, 7) is 1.07. The topological polar surface area (TPSA) is 154 Å². The number of primary amides is 1. The lowest BCUT2D eigenvalue weighted by Crippen LogP contribution is -2.48. The molecular formula is C16H18N8O2S. The number of nitrogens with one attached hydrogen (secondary N) is 2. The lowest BCUT2D eigenvalue weighted by Gasteiger charge is -2.29. The zero-order chi connectivity index (χ0) is 18.8. The Morgan fingerprint density at radius 3 is 3.04 bits per heavy atom. The number of amides is 1. The molecule has 0 saturated carbocycles. The average molecular weight is 386 g/mol. The molecule has 3 aromatic rings. The molecule has 4 rings (SSSR count). The summed E-state index contributed by atoms with van der Waals surface area (Å²) in [6, 6.07) is 5.52. The molecule has 0 unspecified atom stereocenters. The van der Waals surface area contributed by atoms with Gasteiger partial charge in [-0.05, 0) is 18.6 Å². The fraction of sp³-hybridized carbons (Fsp3) is 0.312. The second-order valence-electron chi connectivity index (χ2n) is 6.11. The van der Waals surface area contributed by atoms with Crippen molar-refractivity contribution in [3.8, 4) is 0 Å². The molecule has 1 aliphatic heterocycles. The van der Waals surface area contributed by atoms with Gasteiger partial charge in [0.05, 0.1) is 11.6 Å². The third kappa shape index (κ3) is 3.79. The van der Waals surface area contributed by atoms with Gasteiger partial charge < -0.3 is 26.8 Å². The third-order valence-corrected chi connectivity index (χ3v) is 5.14. The van der Waals surface area contributed by atoms with Crippen LogP contribution in [-0.2, 0) is 4.74 Å². The summed E-state index contributed by atoms with van der Waals surface area (Å²) in [7, 11) is 0. The number of nitrogens with two attached hydrogens (primary N) is 2. The quantitative estimate of drug-likeness (QED) is 0.499. The Hall–Kier alpha value is -2.89. The van der Waals surface area contributed by atoms with Crippen molar-refractivity contribution in [2.24, 2.45) is 11.5 Å². The van der Waals surface area contributed by atoms with Gasteiger partial charge in [0.1, 0.15) is 4.83 Å². The smallest absolute Gasteiger partial charge is 0.273 e. The SMILES string of the molecule is NC(=O)c1nnc(N[C@@H]2CCOC[C@@H]2N)nc1Nc1cc2cccnc2s1. The maximum Gasteiger partial charge on any atom is 0.273 e. The molecule has 1 aliphatic rings. The van der Waals surface area contributed by atoms with Crippen molar-refractivity contribution >= 4 is 44.2 Å². The predicted molar refractivity (Wildman–Crippen MR) is 102 cm³/mol. The first-order valence-corrected chi connectivity index (χ1v) is 9.18. The minimum absolute atomic E-state index is 0.0396. The standard InChI is InChI=1S/C16H18N8O2S/c17-9-7-26-5-3-10(9)20-16-22-14(12(13(18)25)23-24-16)21-11-6-8-2-1-4-19-15(8)27-11/h1-2,4,6,9-10H,3,5,7,17H2,(H2,18,25)(H2,20,21,22,24)/t9-,10+/m0/s1. The van der Waals surface area contributed by atoms with Crippen LogP contribution in [0, 0.1) is 0 Å². The molecule has 3 aromatic heterocycles. The molecule has 1 amide bonds. The minimum Gasteiger partial charge on any atom is -0.380 e. The number of pyridine rings is 1. The predicted octanol–water partition coefficient (Wildman–Crippen LogP) is 0.852. The van der Waals surface area contributed by atoms with Crippen LogP contribution in [0.2, 0.25) is 0 Å². The van der Waals surface area contributed by atoms with Gasteiger partial charge in [-0.1, -0.05) is 17.4 Å². The second-order valence-corrected chi connectivity index (χ2v) is 7.14. The first-order valence-electron chi connectivity index (χ1n) is 8.36. The number of carbonyl (C=O) groups is 1. The van der Waals surface area contributed by atoms with E-state index in [1.165, 1.54) is 11.3 Å². The summed E-state index contributed by atoms with van der Waals surface area (Å²) >= 11 is 1.43. The highest BCUT2D eigenvalue weighted by atomic mass is 32.1. The zero-order valence-corrected chi connectivity index (χ0v) is 15.1. The van der Waals surface area contributed by atoms with E-state index in [1.54, 1.807) is 6.20 Å². The van der Waals surface area contributed by atoms with Crippen molar-refractivity contribution in [1.82, 2.24) is 20.2 Å². The molecule has 11 heteroatoms. The largest absolute Gasteiger partial charge is 0.380 e. The number of thiophene rings is 1. The number of anilines is 3. The van der Waals surface area contributed by atoms with Crippen molar-refractivity contribution in [2.45, 2.75) is 18.5 Å². The molecule has 6 N–H and O–H groups in total. The van der Waals surface area contributed by atoms with E-state index in [1.807, 2.05) is 18.2 Å². The van der Waals surface area contributed by atoms with Gasteiger partial charge in [-0.2, -0.15) is 4.98 Å². The highest BCUT2D eigenvalue weighted by molar-refractivity contribution is 7.22. The number of hydrogen-bond donors (Lipinski definition) is 4. The van der Waals surface area contributed by atoms with Crippen molar-refractivity contribution in [3.63, 3.8) is 0 Å². The number of hydrogen-bond acceptors (Lipinski definition) is 10. The Morgan fingerprint density at radius 1 is 1.37 bits per heavy atom. The van der Waals surface area contributed by atoms with Gasteiger partial charge in [-0.25, -0.2) is 4.98 Å². The molecule has 0 aliphatic carbocycles. The summed E-state index contributed by atoms with van der Waals surface area (Å²) in [5, 5.41) is 15.9. The van der Waals surface area contributed by atoms with Gasteiger partial charge in [-0.15, -0.1) is 10.2 Å². The van der Waals surface area contributed by atoms with E-state index in [2.05, 4.69) is 30.8 Å². The van der Waals surface area contributed by atoms with Crippen molar-refractivity contribution in [2.75, 3.05) is 23.8 Å². The molecule has 0 aromatic carbocycles. The van der Waals surface area contributed by atoms with Crippen molar-refractivity contribution < 1.29 is 9.53 Å². The molecule has 10 nitrogen and oxygen atoms in total.